The van der Waals surface area contributed by atoms with Crippen LogP contribution in [-0.2, 0) is 27.2 Å². The molecule has 0 rings (SSSR count). The van der Waals surface area contributed by atoms with E-state index in [4.69, 9.17) is 18.1 Å². The van der Waals surface area contributed by atoms with Crippen molar-refractivity contribution in [3.8, 4) is 0 Å². The van der Waals surface area contributed by atoms with Crippen molar-refractivity contribution in [1.29, 1.82) is 0 Å². The summed E-state index contributed by atoms with van der Waals surface area (Å²) in [6, 6.07) is 0. The minimum absolute atomic E-state index is 0.0565. The van der Waals surface area contributed by atoms with Crippen molar-refractivity contribution in [1.82, 2.24) is 4.90 Å². The fraction of sp³-hybridized carbons (Fsp3) is 1.00. The van der Waals surface area contributed by atoms with Crippen molar-refractivity contribution in [3.63, 3.8) is 0 Å². The van der Waals surface area contributed by atoms with E-state index in [1.807, 2.05) is 22.6 Å². The summed E-state index contributed by atoms with van der Waals surface area (Å²) in [5.41, 5.74) is 0. The maximum atomic E-state index is 12.7. The average molecular weight is 550 g/mol. The van der Waals surface area contributed by atoms with E-state index in [0.29, 0.717) is 6.54 Å². The lowest BCUT2D eigenvalue weighted by atomic mass is 10.5. The molecule has 1 unspecified atom stereocenters. The summed E-state index contributed by atoms with van der Waals surface area (Å²) in [6.45, 7) is 6.73. The van der Waals surface area contributed by atoms with Gasteiger partial charge < -0.3 is 13.6 Å². The predicted molar refractivity (Wildman–Crippen MR) is 105 cm³/mol. The Kier molecular flexibility index (Phi) is 14.5. The standard InChI is InChI=1S/C12H27BrINO6P2/c1-4-18-22(16,19-5-2)11-15(9-7-8-13)12-23(17,20-6-3)21-10-14/h4-12H2,1-3H3. The molecule has 0 radical (unpaired) electrons. The number of alkyl halides is 2. The van der Waals surface area contributed by atoms with Gasteiger partial charge in [-0.2, -0.15) is 0 Å². The fourth-order valence-electron chi connectivity index (χ4n) is 1.86. The molecule has 140 valence electrons. The van der Waals surface area contributed by atoms with E-state index < -0.39 is 15.2 Å². The van der Waals surface area contributed by atoms with E-state index in [1.165, 1.54) is 0 Å². The topological polar surface area (TPSA) is 74.3 Å². The van der Waals surface area contributed by atoms with Gasteiger partial charge in [0.05, 0.1) is 19.8 Å². The van der Waals surface area contributed by atoms with Gasteiger partial charge in [-0.25, -0.2) is 0 Å². The van der Waals surface area contributed by atoms with Crippen molar-refractivity contribution in [2.75, 3.05) is 48.9 Å². The van der Waals surface area contributed by atoms with Crippen LogP contribution in [0.3, 0.4) is 0 Å². The zero-order valence-corrected chi connectivity index (χ0v) is 19.4. The Labute approximate surface area is 161 Å². The van der Waals surface area contributed by atoms with Crippen molar-refractivity contribution < 1.29 is 27.2 Å². The molecule has 0 amide bonds. The minimum atomic E-state index is -3.27. The molecule has 0 N–H and O–H groups in total. The normalized spacial score (nSPS) is 15.0. The Morgan fingerprint density at radius 3 is 1.70 bits per heavy atom. The summed E-state index contributed by atoms with van der Waals surface area (Å²) in [5, 5.41) is 0.781. The van der Waals surface area contributed by atoms with Crippen LogP contribution in [0, 0.1) is 0 Å². The number of nitrogens with zero attached hydrogens (tertiary/aromatic N) is 1. The first kappa shape index (κ1) is 24.5. The maximum absolute atomic E-state index is 12.7. The van der Waals surface area contributed by atoms with Gasteiger partial charge in [-0.3, -0.25) is 18.6 Å². The Hall–Kier alpha value is 1.47. The van der Waals surface area contributed by atoms with E-state index in [9.17, 15) is 9.13 Å². The van der Waals surface area contributed by atoms with Gasteiger partial charge in [0.15, 0.2) is 0 Å². The molecule has 0 saturated heterocycles. The summed E-state index contributed by atoms with van der Waals surface area (Å²) < 4.78 is 47.0. The average Bonchev–Trinajstić information content (AvgIpc) is 2.45. The van der Waals surface area contributed by atoms with Crippen LogP contribution in [0.5, 0.6) is 0 Å². The van der Waals surface area contributed by atoms with Crippen molar-refractivity contribution in [2.24, 2.45) is 0 Å². The quantitative estimate of drug-likeness (QED) is 0.163. The number of hydrogen-bond donors (Lipinski definition) is 0. The number of rotatable bonds is 15. The lowest BCUT2D eigenvalue weighted by molar-refractivity contribution is 0.190. The third kappa shape index (κ3) is 10.9. The van der Waals surface area contributed by atoms with Crippen molar-refractivity contribution in [2.45, 2.75) is 27.2 Å². The molecular weight excluding hydrogens is 523 g/mol. The lowest BCUT2D eigenvalue weighted by Gasteiger charge is -2.29. The summed E-state index contributed by atoms with van der Waals surface area (Å²) >= 11 is 5.35. The Bertz CT molecular complexity index is 352. The highest BCUT2D eigenvalue weighted by Crippen LogP contribution is 2.53. The fourth-order valence-corrected chi connectivity index (χ4v) is 6.81. The van der Waals surface area contributed by atoms with E-state index >= 15 is 0 Å². The largest absolute Gasteiger partial charge is 0.345 e. The van der Waals surface area contributed by atoms with Gasteiger partial charge in [0.1, 0.15) is 17.2 Å². The molecule has 0 aromatic carbocycles. The van der Waals surface area contributed by atoms with Gasteiger partial charge in [-0.05, 0) is 27.2 Å². The summed E-state index contributed by atoms with van der Waals surface area (Å²) in [4.78, 5) is 1.77. The first-order valence-electron chi connectivity index (χ1n) is 7.49. The van der Waals surface area contributed by atoms with Gasteiger partial charge >= 0.3 is 15.2 Å². The zero-order chi connectivity index (χ0) is 17.8. The van der Waals surface area contributed by atoms with Gasteiger partial charge in [-0.1, -0.05) is 38.5 Å². The second kappa shape index (κ2) is 13.6. The molecule has 0 aliphatic heterocycles. The molecule has 11 heteroatoms. The Morgan fingerprint density at radius 2 is 1.35 bits per heavy atom. The molecule has 0 fully saturated rings. The van der Waals surface area contributed by atoms with E-state index in [0.717, 1.165) is 11.8 Å². The molecule has 0 heterocycles. The molecular formula is C12H27BrINO6P2. The lowest BCUT2D eigenvalue weighted by Crippen LogP contribution is -2.29. The second-order valence-electron chi connectivity index (χ2n) is 4.43. The molecule has 0 aromatic rings. The minimum Gasteiger partial charge on any atom is -0.308 e. The van der Waals surface area contributed by atoms with Crippen LogP contribution in [0.1, 0.15) is 27.2 Å². The van der Waals surface area contributed by atoms with E-state index in [1.54, 1.807) is 25.7 Å². The molecule has 7 nitrogen and oxygen atoms in total. The Balaban J connectivity index is 5.09. The molecule has 0 aliphatic carbocycles. The smallest absolute Gasteiger partial charge is 0.308 e. The first-order valence-corrected chi connectivity index (χ1v) is 13.6. The SMILES string of the molecule is CCOP(=O)(CN(CCCBr)CP(=O)(OCC)OCI)OCC. The van der Waals surface area contributed by atoms with Crippen LogP contribution in [0.2, 0.25) is 0 Å². The molecule has 23 heavy (non-hydrogen) atoms. The van der Waals surface area contributed by atoms with Crippen molar-refractivity contribution in [3.05, 3.63) is 0 Å². The van der Waals surface area contributed by atoms with Gasteiger partial charge in [0.25, 0.3) is 0 Å². The number of hydrogen-bond acceptors (Lipinski definition) is 7. The molecule has 0 saturated carbocycles. The first-order chi connectivity index (χ1) is 10.9. The summed E-state index contributed by atoms with van der Waals surface area (Å²) in [7, 11) is -6.53. The highest BCUT2D eigenvalue weighted by atomic mass is 127. The van der Waals surface area contributed by atoms with Gasteiger partial charge in [0.2, 0.25) is 0 Å². The van der Waals surface area contributed by atoms with E-state index in [2.05, 4.69) is 15.9 Å². The highest BCUT2D eigenvalue weighted by molar-refractivity contribution is 14.1. The van der Waals surface area contributed by atoms with Gasteiger partial charge in [0, 0.05) is 11.9 Å². The zero-order valence-electron chi connectivity index (χ0n) is 13.9. The molecule has 0 aliphatic rings. The molecule has 0 spiro atoms. The third-order valence-electron chi connectivity index (χ3n) is 2.58. The number of halogens is 2. The second-order valence-corrected chi connectivity index (χ2v) is 9.89. The predicted octanol–water partition coefficient (Wildman–Crippen LogP) is 4.89. The van der Waals surface area contributed by atoms with E-state index in [-0.39, 0.29) is 37.0 Å². The van der Waals surface area contributed by atoms with Crippen LogP contribution in [0.25, 0.3) is 0 Å². The molecule has 1 atom stereocenters. The Morgan fingerprint density at radius 1 is 0.913 bits per heavy atom. The van der Waals surface area contributed by atoms with Crippen LogP contribution < -0.4 is 0 Å². The van der Waals surface area contributed by atoms with Gasteiger partial charge in [-0.15, -0.1) is 0 Å². The highest BCUT2D eigenvalue weighted by Gasteiger charge is 2.33. The molecule has 0 aromatic heterocycles. The monoisotopic (exact) mass is 549 g/mol. The van der Waals surface area contributed by atoms with Crippen LogP contribution in [-0.4, -0.2) is 53.8 Å². The third-order valence-corrected chi connectivity index (χ3v) is 7.91. The molecule has 0 bridgehead atoms. The summed E-state index contributed by atoms with van der Waals surface area (Å²) in [5.74, 6) is 0. The van der Waals surface area contributed by atoms with Crippen LogP contribution in [0.15, 0.2) is 0 Å². The van der Waals surface area contributed by atoms with Crippen LogP contribution >= 0.6 is 53.7 Å². The summed E-state index contributed by atoms with van der Waals surface area (Å²) in [6.07, 6.45) is 0.916. The van der Waals surface area contributed by atoms with Crippen molar-refractivity contribution >= 4 is 53.7 Å². The van der Waals surface area contributed by atoms with Crippen LogP contribution in [0.4, 0.5) is 0 Å². The maximum Gasteiger partial charge on any atom is 0.345 e.